The Labute approximate surface area is 94.9 Å². The van der Waals surface area contributed by atoms with Crippen molar-refractivity contribution >= 4 is 30.5 Å². The van der Waals surface area contributed by atoms with Crippen molar-refractivity contribution < 1.29 is 4.79 Å². The minimum absolute atomic E-state index is 0.0126. The first-order chi connectivity index (χ1) is 7.00. The molecule has 1 aromatic rings. The highest BCUT2D eigenvalue weighted by atomic mass is 79.9. The van der Waals surface area contributed by atoms with E-state index < -0.39 is 8.68 Å². The number of nitrogens with zero attached hydrogens (tertiary/aromatic N) is 1. The lowest BCUT2D eigenvalue weighted by Gasteiger charge is -2.10. The molecule has 0 fully saturated rings. The highest BCUT2D eigenvalue weighted by Crippen LogP contribution is 2.33. The molecule has 74 valence electrons. The van der Waals surface area contributed by atoms with E-state index in [1.54, 1.807) is 11.3 Å². The van der Waals surface area contributed by atoms with Crippen LogP contribution in [-0.4, -0.2) is 18.5 Å². The number of amides is 1. The lowest BCUT2D eigenvalue weighted by Crippen LogP contribution is -2.13. The molecule has 1 aromatic carbocycles. The van der Waals surface area contributed by atoms with Crippen LogP contribution in [0.4, 0.5) is 0 Å². The van der Waals surface area contributed by atoms with Crippen molar-refractivity contribution in [1.82, 2.24) is 4.67 Å². The monoisotopic (exact) mass is 272 g/mol. The lowest BCUT2D eigenvalue weighted by molar-refractivity contribution is 0.0885. The molecule has 0 aromatic heterocycles. The second kappa shape index (κ2) is 3.63. The summed E-state index contributed by atoms with van der Waals surface area (Å²) in [7, 11) is -1.09. The molecule has 1 aliphatic rings. The first kappa shape index (κ1) is 8.87. The Bertz CT molecular complexity index is 436. The van der Waals surface area contributed by atoms with Crippen LogP contribution in [0, 0.1) is 6.92 Å². The predicted molar refractivity (Wildman–Crippen MR) is 63.0 cm³/mol. The summed E-state index contributed by atoms with van der Waals surface area (Å²) < 4.78 is 10.3. The Morgan fingerprint density at radius 2 is 2.36 bits per heavy atom. The highest BCUT2D eigenvalue weighted by Gasteiger charge is 2.27. The number of fused-ring (bicyclic) bond motifs is 1. The molecule has 0 spiro atoms. The van der Waals surface area contributed by atoms with E-state index in [1.165, 1.54) is 0 Å². The topological polar surface area (TPSA) is 20.3 Å². The fourth-order valence-corrected chi connectivity index (χ4v) is 2.96. The van der Waals surface area contributed by atoms with E-state index in [1.807, 2.05) is 19.1 Å². The minimum Gasteiger partial charge on any atom is -0.316 e. The van der Waals surface area contributed by atoms with Gasteiger partial charge in [0.15, 0.2) is 0 Å². The van der Waals surface area contributed by atoms with Crippen molar-refractivity contribution in [3.8, 4) is 0 Å². The van der Waals surface area contributed by atoms with Crippen molar-refractivity contribution in [3.05, 3.63) is 33.3 Å². The van der Waals surface area contributed by atoms with Crippen LogP contribution in [-0.2, 0) is 6.54 Å². The molecular formula is C10H11BrNOP. The summed E-state index contributed by atoms with van der Waals surface area (Å²) >= 11 is 3.42. The van der Waals surface area contributed by atoms with Gasteiger partial charge in [-0.05, 0) is 45.5 Å². The van der Waals surface area contributed by atoms with Crippen LogP contribution in [0.3, 0.4) is 0 Å². The van der Waals surface area contributed by atoms with Crippen LogP contribution in [0.1, 0.15) is 21.5 Å². The molecule has 0 aliphatic carbocycles. The van der Waals surface area contributed by atoms with Crippen LogP contribution >= 0.6 is 24.6 Å². The largest absolute Gasteiger partial charge is 0.316 e. The smallest absolute Gasteiger partial charge is 0.257 e. The first-order valence-corrected chi connectivity index (χ1v) is 6.43. The Balaban J connectivity index is 2.50. The number of rotatable bonds is 1. The van der Waals surface area contributed by atoms with Gasteiger partial charge in [-0.25, -0.2) is 0 Å². The summed E-state index contributed by atoms with van der Waals surface area (Å²) in [4.78, 5) is 12.0. The van der Waals surface area contributed by atoms with Gasteiger partial charge in [-0.15, -0.1) is 0 Å². The molecule has 0 radical (unpaired) electrons. The zero-order chi connectivity index (χ0) is 11.2. The van der Waals surface area contributed by atoms with Gasteiger partial charge in [0.25, 0.3) is 5.91 Å². The number of carbonyl (C=O) groups excluding carboxylic acids is 1. The summed E-state index contributed by atoms with van der Waals surface area (Å²) in [6.07, 6.45) is 0. The maximum atomic E-state index is 12.0. The van der Waals surface area contributed by atoms with Crippen LogP contribution in [0.25, 0.3) is 0 Å². The zero-order valence-electron chi connectivity index (χ0n) is 9.04. The second-order valence-electron chi connectivity index (χ2n) is 3.32. The molecule has 1 aliphatic heterocycles. The zero-order valence-corrected chi connectivity index (χ0v) is 10.5. The lowest BCUT2D eigenvalue weighted by atomic mass is 10.0. The molecule has 1 unspecified atom stereocenters. The Morgan fingerprint density at radius 1 is 1.64 bits per heavy atom. The average Bonchev–Trinajstić information content (AvgIpc) is 2.42. The SMILES string of the molecule is [2H]P(C)N1Cc2cc(Br)cc(C)c2C1=O. The van der Waals surface area contributed by atoms with Gasteiger partial charge in [-0.3, -0.25) is 4.79 Å². The van der Waals surface area contributed by atoms with Crippen LogP contribution < -0.4 is 0 Å². The van der Waals surface area contributed by atoms with Gasteiger partial charge in [0.1, 0.15) is 0 Å². The van der Waals surface area contributed by atoms with Crippen molar-refractivity contribution in [2.24, 2.45) is 0 Å². The third-order valence-electron chi connectivity index (χ3n) is 2.39. The van der Waals surface area contributed by atoms with Crippen LogP contribution in [0.5, 0.6) is 0 Å². The number of halogens is 1. The van der Waals surface area contributed by atoms with E-state index in [0.717, 1.165) is 21.2 Å². The van der Waals surface area contributed by atoms with E-state index in [9.17, 15) is 4.79 Å². The molecule has 1 atom stereocenters. The van der Waals surface area contributed by atoms with Crippen molar-refractivity contribution in [2.45, 2.75) is 13.5 Å². The van der Waals surface area contributed by atoms with E-state index >= 15 is 0 Å². The first-order valence-electron chi connectivity index (χ1n) is 4.79. The Morgan fingerprint density at radius 3 is 3.00 bits per heavy atom. The summed E-state index contributed by atoms with van der Waals surface area (Å²) in [5, 5.41) is 0. The van der Waals surface area contributed by atoms with Crippen molar-refractivity contribution in [1.29, 1.82) is 1.28 Å². The number of hydrogen-bond donors (Lipinski definition) is 0. The summed E-state index contributed by atoms with van der Waals surface area (Å²) in [6.45, 7) is 4.30. The fraction of sp³-hybridized carbons (Fsp3) is 0.300. The second-order valence-corrected chi connectivity index (χ2v) is 5.12. The standard InChI is InChI=1S/C10H11BrNOP/c1-6-3-8(11)4-7-5-12(14-2)10(13)9(6)7/h3-4,14H,5H2,1-2H3/i14D. The number of hydrogen-bond acceptors (Lipinski definition) is 1. The van der Waals surface area contributed by atoms with Gasteiger partial charge in [0.2, 0.25) is 0 Å². The molecule has 0 saturated heterocycles. The van der Waals surface area contributed by atoms with Crippen LogP contribution in [0.2, 0.25) is 0 Å². The summed E-state index contributed by atoms with van der Waals surface area (Å²) in [5.41, 5.74) is 2.82. The molecule has 1 amide bonds. The Kier molecular flexibility index (Phi) is 2.30. The van der Waals surface area contributed by atoms with Gasteiger partial charge < -0.3 is 4.67 Å². The Hall–Kier alpha value is -0.400. The predicted octanol–water partition coefficient (Wildman–Crippen LogP) is 2.94. The number of aryl methyl sites for hydroxylation is 1. The molecule has 0 saturated carbocycles. The normalized spacial score (nSPS) is 18.1. The molecule has 0 N–H and O–H groups in total. The van der Waals surface area contributed by atoms with Gasteiger partial charge in [-0.1, -0.05) is 15.9 Å². The molecule has 0 bridgehead atoms. The van der Waals surface area contributed by atoms with E-state index in [0.29, 0.717) is 6.54 Å². The van der Waals surface area contributed by atoms with Gasteiger partial charge in [-0.2, -0.15) is 0 Å². The fourth-order valence-electron chi connectivity index (χ4n) is 1.77. The maximum Gasteiger partial charge on any atom is 0.257 e. The van der Waals surface area contributed by atoms with Crippen molar-refractivity contribution in [2.75, 3.05) is 6.66 Å². The molecule has 2 nitrogen and oxygen atoms in total. The molecular weight excluding hydrogens is 261 g/mol. The summed E-state index contributed by atoms with van der Waals surface area (Å²) in [6, 6.07) is 3.92. The average molecular weight is 273 g/mol. The molecule has 2 rings (SSSR count). The third-order valence-corrected chi connectivity index (χ3v) is 3.66. The quantitative estimate of drug-likeness (QED) is 0.720. The molecule has 4 heteroatoms. The molecule has 1 heterocycles. The van der Waals surface area contributed by atoms with Gasteiger partial charge in [0, 0.05) is 10.0 Å². The maximum absolute atomic E-state index is 12.0. The number of carbonyl (C=O) groups is 1. The number of benzene rings is 1. The molecule has 14 heavy (non-hydrogen) atoms. The van der Waals surface area contributed by atoms with E-state index in [4.69, 9.17) is 1.28 Å². The van der Waals surface area contributed by atoms with Gasteiger partial charge in [0.05, 0.1) is 7.82 Å². The van der Waals surface area contributed by atoms with Crippen LogP contribution in [0.15, 0.2) is 16.6 Å². The van der Waals surface area contributed by atoms with Crippen molar-refractivity contribution in [3.63, 3.8) is 0 Å². The minimum atomic E-state index is -1.09. The highest BCUT2D eigenvalue weighted by molar-refractivity contribution is 9.10. The third kappa shape index (κ3) is 1.49. The van der Waals surface area contributed by atoms with E-state index in [2.05, 4.69) is 15.9 Å². The van der Waals surface area contributed by atoms with Gasteiger partial charge >= 0.3 is 0 Å². The van der Waals surface area contributed by atoms with E-state index in [-0.39, 0.29) is 5.91 Å². The summed E-state index contributed by atoms with van der Waals surface area (Å²) in [5.74, 6) is 0.0126.